The molecule has 0 spiro atoms. The quantitative estimate of drug-likeness (QED) is 0.579. The van der Waals surface area contributed by atoms with Crippen LogP contribution in [0, 0.1) is 11.3 Å². The number of carbonyl (C=O) groups is 1. The lowest BCUT2D eigenvalue weighted by Crippen LogP contribution is -2.10. The van der Waals surface area contributed by atoms with Crippen LogP contribution in [0.5, 0.6) is 0 Å². The molecule has 134 valence electrons. The van der Waals surface area contributed by atoms with Gasteiger partial charge in [-0.15, -0.1) is 0 Å². The van der Waals surface area contributed by atoms with Crippen molar-refractivity contribution in [3.05, 3.63) is 88.2 Å². The SMILES string of the molecule is N#Cc1cccc(-c2nc3[nH]c(=O)ccc3cc2-c2ccc(C(N)=O)cc2)c1. The number of nitrogens with two attached hydrogens (primary N) is 1. The molecule has 2 aromatic carbocycles. The van der Waals surface area contributed by atoms with E-state index in [4.69, 9.17) is 5.73 Å². The van der Waals surface area contributed by atoms with E-state index in [0.29, 0.717) is 22.5 Å². The molecule has 3 N–H and O–H groups in total. The van der Waals surface area contributed by atoms with Crippen molar-refractivity contribution in [2.45, 2.75) is 0 Å². The summed E-state index contributed by atoms with van der Waals surface area (Å²) in [6.45, 7) is 0. The molecule has 0 fully saturated rings. The Morgan fingerprint density at radius 3 is 2.50 bits per heavy atom. The first-order valence-corrected chi connectivity index (χ1v) is 8.50. The number of nitrogens with one attached hydrogen (secondary N) is 1. The second kappa shape index (κ2) is 6.82. The van der Waals surface area contributed by atoms with E-state index < -0.39 is 5.91 Å². The molecule has 6 heteroatoms. The van der Waals surface area contributed by atoms with Crippen molar-refractivity contribution in [3.8, 4) is 28.5 Å². The number of amides is 1. The number of rotatable bonds is 3. The van der Waals surface area contributed by atoms with Crippen LogP contribution in [0.2, 0.25) is 0 Å². The van der Waals surface area contributed by atoms with Crippen LogP contribution in [0.25, 0.3) is 33.4 Å². The molecule has 0 aliphatic carbocycles. The van der Waals surface area contributed by atoms with Gasteiger partial charge < -0.3 is 10.7 Å². The van der Waals surface area contributed by atoms with E-state index in [0.717, 1.165) is 22.1 Å². The average molecular weight is 366 g/mol. The molecule has 0 unspecified atom stereocenters. The molecule has 4 rings (SSSR count). The third-order valence-electron chi connectivity index (χ3n) is 4.45. The molecule has 2 heterocycles. The third-order valence-corrected chi connectivity index (χ3v) is 4.45. The van der Waals surface area contributed by atoms with Crippen molar-refractivity contribution >= 4 is 16.9 Å². The molecule has 2 aromatic heterocycles. The van der Waals surface area contributed by atoms with Gasteiger partial charge in [-0.1, -0.05) is 24.3 Å². The summed E-state index contributed by atoms with van der Waals surface area (Å²) < 4.78 is 0. The second-order valence-electron chi connectivity index (χ2n) is 6.28. The summed E-state index contributed by atoms with van der Waals surface area (Å²) in [4.78, 5) is 30.5. The van der Waals surface area contributed by atoms with Crippen molar-refractivity contribution in [2.75, 3.05) is 0 Å². The molecule has 0 bridgehead atoms. The van der Waals surface area contributed by atoms with Crippen LogP contribution in [-0.4, -0.2) is 15.9 Å². The minimum Gasteiger partial charge on any atom is -0.366 e. The minimum absolute atomic E-state index is 0.240. The van der Waals surface area contributed by atoms with Crippen LogP contribution in [-0.2, 0) is 0 Å². The van der Waals surface area contributed by atoms with Crippen LogP contribution in [0.15, 0.2) is 71.5 Å². The number of carbonyl (C=O) groups excluding carboxylic acids is 1. The van der Waals surface area contributed by atoms with Crippen molar-refractivity contribution in [3.63, 3.8) is 0 Å². The van der Waals surface area contributed by atoms with Gasteiger partial charge in [-0.2, -0.15) is 5.26 Å². The van der Waals surface area contributed by atoms with Crippen molar-refractivity contribution < 1.29 is 4.79 Å². The minimum atomic E-state index is -0.497. The molecule has 6 nitrogen and oxygen atoms in total. The summed E-state index contributed by atoms with van der Waals surface area (Å²) >= 11 is 0. The Morgan fingerprint density at radius 1 is 1.00 bits per heavy atom. The van der Waals surface area contributed by atoms with E-state index in [1.807, 2.05) is 12.1 Å². The summed E-state index contributed by atoms with van der Waals surface area (Å²) in [5.74, 6) is -0.497. The highest BCUT2D eigenvalue weighted by atomic mass is 16.1. The van der Waals surface area contributed by atoms with E-state index in [2.05, 4.69) is 16.0 Å². The highest BCUT2D eigenvalue weighted by Crippen LogP contribution is 2.33. The first-order valence-electron chi connectivity index (χ1n) is 8.50. The number of hydrogen-bond acceptors (Lipinski definition) is 4. The fourth-order valence-electron chi connectivity index (χ4n) is 3.07. The number of nitrogens with zero attached hydrogens (tertiary/aromatic N) is 2. The molecular formula is C22H14N4O2. The van der Waals surface area contributed by atoms with Gasteiger partial charge in [-0.25, -0.2) is 4.98 Å². The van der Waals surface area contributed by atoms with E-state index >= 15 is 0 Å². The number of benzene rings is 2. The summed E-state index contributed by atoms with van der Waals surface area (Å²) in [6, 6.07) is 21.2. The van der Waals surface area contributed by atoms with Gasteiger partial charge in [0.1, 0.15) is 5.65 Å². The van der Waals surface area contributed by atoms with Crippen LogP contribution in [0.4, 0.5) is 0 Å². The second-order valence-corrected chi connectivity index (χ2v) is 6.28. The normalized spacial score (nSPS) is 10.5. The summed E-state index contributed by atoms with van der Waals surface area (Å²) in [5.41, 5.74) is 9.49. The van der Waals surface area contributed by atoms with Crippen molar-refractivity contribution in [1.82, 2.24) is 9.97 Å². The maximum Gasteiger partial charge on any atom is 0.249 e. The predicted octanol–water partition coefficient (Wildman–Crippen LogP) is 3.23. The van der Waals surface area contributed by atoms with Crippen LogP contribution in [0.1, 0.15) is 15.9 Å². The molecule has 4 aromatic rings. The molecule has 0 radical (unpaired) electrons. The van der Waals surface area contributed by atoms with Gasteiger partial charge in [0.15, 0.2) is 0 Å². The summed E-state index contributed by atoms with van der Waals surface area (Å²) in [7, 11) is 0. The molecule has 28 heavy (non-hydrogen) atoms. The van der Waals surface area contributed by atoms with Gasteiger partial charge in [-0.3, -0.25) is 9.59 Å². The van der Waals surface area contributed by atoms with E-state index in [9.17, 15) is 14.9 Å². The maximum absolute atomic E-state index is 11.7. The molecule has 0 aliphatic rings. The van der Waals surface area contributed by atoms with Gasteiger partial charge in [0, 0.05) is 28.1 Å². The number of hydrogen-bond donors (Lipinski definition) is 2. The van der Waals surface area contributed by atoms with Crippen molar-refractivity contribution in [1.29, 1.82) is 5.26 Å². The molecular weight excluding hydrogens is 352 g/mol. The number of H-pyrrole nitrogens is 1. The van der Waals surface area contributed by atoms with E-state index in [1.54, 1.807) is 48.5 Å². The lowest BCUT2D eigenvalue weighted by atomic mass is 9.96. The highest BCUT2D eigenvalue weighted by molar-refractivity contribution is 5.94. The lowest BCUT2D eigenvalue weighted by molar-refractivity contribution is 0.100. The zero-order valence-corrected chi connectivity index (χ0v) is 14.6. The van der Waals surface area contributed by atoms with Crippen LogP contribution < -0.4 is 11.3 Å². The molecule has 0 saturated heterocycles. The van der Waals surface area contributed by atoms with Gasteiger partial charge in [-0.05, 0) is 42.0 Å². The number of fused-ring (bicyclic) bond motifs is 1. The Bertz CT molecular complexity index is 1320. The summed E-state index contributed by atoms with van der Waals surface area (Å²) in [6.07, 6.45) is 0. The number of pyridine rings is 2. The Kier molecular flexibility index (Phi) is 4.18. The van der Waals surface area contributed by atoms with E-state index in [1.165, 1.54) is 6.07 Å². The molecule has 0 aliphatic heterocycles. The Hall–Kier alpha value is -4.24. The monoisotopic (exact) mass is 366 g/mol. The first-order chi connectivity index (χ1) is 13.5. The largest absolute Gasteiger partial charge is 0.366 e. The topological polar surface area (TPSA) is 113 Å². The molecule has 0 atom stereocenters. The maximum atomic E-state index is 11.7. The van der Waals surface area contributed by atoms with Crippen LogP contribution >= 0.6 is 0 Å². The third kappa shape index (κ3) is 3.13. The fourth-order valence-corrected chi connectivity index (χ4v) is 3.07. The van der Waals surface area contributed by atoms with Gasteiger partial charge in [0.2, 0.25) is 11.5 Å². The molecule has 0 saturated carbocycles. The number of primary amides is 1. The zero-order chi connectivity index (χ0) is 19.7. The standard InChI is InChI=1S/C22H14N4O2/c23-12-13-2-1-3-16(10-13)20-18(14-4-6-15(7-5-14)21(24)28)11-17-8-9-19(27)25-22(17)26-20/h1-11H,(H2,24,28)(H,25,26,27). The Morgan fingerprint density at radius 2 is 1.79 bits per heavy atom. The van der Waals surface area contributed by atoms with Crippen molar-refractivity contribution in [2.24, 2.45) is 5.73 Å². The fraction of sp³-hybridized carbons (Fsp3) is 0. The Labute approximate surface area is 159 Å². The first kappa shape index (κ1) is 17.2. The average Bonchev–Trinajstić information content (AvgIpc) is 2.73. The van der Waals surface area contributed by atoms with E-state index in [-0.39, 0.29) is 5.56 Å². The van der Waals surface area contributed by atoms with Gasteiger partial charge in [0.05, 0.1) is 17.3 Å². The van der Waals surface area contributed by atoms with Crippen LogP contribution in [0.3, 0.4) is 0 Å². The zero-order valence-electron chi connectivity index (χ0n) is 14.6. The summed E-state index contributed by atoms with van der Waals surface area (Å²) in [5, 5.41) is 10.00. The predicted molar refractivity (Wildman–Crippen MR) is 106 cm³/mol. The smallest absolute Gasteiger partial charge is 0.249 e. The number of nitriles is 1. The Balaban J connectivity index is 2.00. The lowest BCUT2D eigenvalue weighted by Gasteiger charge is -2.12. The molecule has 1 amide bonds. The van der Waals surface area contributed by atoms with Gasteiger partial charge >= 0.3 is 0 Å². The highest BCUT2D eigenvalue weighted by Gasteiger charge is 2.13. The number of aromatic amines is 1. The number of aromatic nitrogens is 2. The van der Waals surface area contributed by atoms with Gasteiger partial charge in [0.25, 0.3) is 0 Å².